The third kappa shape index (κ3) is 4.81. The van der Waals surface area contributed by atoms with Gasteiger partial charge in [-0.15, -0.1) is 0 Å². The van der Waals surface area contributed by atoms with Crippen molar-refractivity contribution >= 4 is 28.2 Å². The van der Waals surface area contributed by atoms with Crippen molar-refractivity contribution in [2.75, 3.05) is 39.5 Å². The zero-order valence-electron chi connectivity index (χ0n) is 23.8. The fourth-order valence-electron chi connectivity index (χ4n) is 5.65. The smallest absolute Gasteiger partial charge is 0.257 e. The molecule has 8 nitrogen and oxygen atoms in total. The van der Waals surface area contributed by atoms with Crippen LogP contribution in [-0.4, -0.2) is 64.1 Å². The summed E-state index contributed by atoms with van der Waals surface area (Å²) in [5, 5.41) is 3.91. The maximum Gasteiger partial charge on any atom is 0.257 e. The van der Waals surface area contributed by atoms with Crippen LogP contribution in [0.5, 0.6) is 0 Å². The zero-order valence-corrected chi connectivity index (χ0v) is 23.8. The predicted octanol–water partition coefficient (Wildman–Crippen LogP) is 4.77. The second-order valence-electron chi connectivity index (χ2n) is 10.6. The number of fused-ring (bicyclic) bond motifs is 1. The number of hydrogen-bond donors (Lipinski definition) is 1. The lowest BCUT2D eigenvalue weighted by molar-refractivity contribution is 0.0827. The Morgan fingerprint density at radius 3 is 2.58 bits per heavy atom. The molecule has 4 aromatic rings. The molecule has 0 unspecified atom stereocenters. The van der Waals surface area contributed by atoms with Crippen molar-refractivity contribution in [3.63, 3.8) is 0 Å². The number of pyridine rings is 2. The molecule has 0 saturated heterocycles. The lowest BCUT2D eigenvalue weighted by Crippen LogP contribution is -2.32. The lowest BCUT2D eigenvalue weighted by atomic mass is 9.92. The van der Waals surface area contributed by atoms with Crippen LogP contribution in [0.25, 0.3) is 22.3 Å². The normalized spacial score (nSPS) is 14.7. The summed E-state index contributed by atoms with van der Waals surface area (Å²) >= 11 is 0. The van der Waals surface area contributed by atoms with Gasteiger partial charge in [0.15, 0.2) is 0 Å². The molecule has 0 saturated carbocycles. The summed E-state index contributed by atoms with van der Waals surface area (Å²) in [5.41, 5.74) is 6.01. The molecule has 0 fully saturated rings. The van der Waals surface area contributed by atoms with Crippen molar-refractivity contribution < 1.29 is 9.18 Å². The highest BCUT2D eigenvalue weighted by atomic mass is 19.1. The molecule has 0 bridgehead atoms. The van der Waals surface area contributed by atoms with Gasteiger partial charge in [-0.3, -0.25) is 19.1 Å². The lowest BCUT2D eigenvalue weighted by Gasteiger charge is -2.32. The summed E-state index contributed by atoms with van der Waals surface area (Å²) in [6.07, 6.45) is 6.30. The highest BCUT2D eigenvalue weighted by Crippen LogP contribution is 2.34. The summed E-state index contributed by atoms with van der Waals surface area (Å²) in [7, 11) is 7.11. The summed E-state index contributed by atoms with van der Waals surface area (Å²) in [5.74, 6) is -0.568. The molecule has 0 radical (unpaired) electrons. The molecule has 1 aliphatic heterocycles. The van der Waals surface area contributed by atoms with Crippen LogP contribution in [0.1, 0.15) is 46.6 Å². The molecule has 4 heterocycles. The molecule has 3 aromatic heterocycles. The Bertz CT molecular complexity index is 1680. The molecule has 1 amide bonds. The summed E-state index contributed by atoms with van der Waals surface area (Å²) < 4.78 is 18.9. The Labute approximate surface area is 233 Å². The molecule has 5 rings (SSSR count). The molecule has 1 aliphatic rings. The number of amides is 1. The second kappa shape index (κ2) is 10.7. The zero-order chi connectivity index (χ0) is 28.7. The molecule has 40 heavy (non-hydrogen) atoms. The van der Waals surface area contributed by atoms with Crippen LogP contribution in [0.3, 0.4) is 0 Å². The third-order valence-electron chi connectivity index (χ3n) is 7.89. The first-order valence-electron chi connectivity index (χ1n) is 13.4. The Morgan fingerprint density at radius 1 is 1.18 bits per heavy atom. The number of rotatable bonds is 6. The van der Waals surface area contributed by atoms with Crippen molar-refractivity contribution in [2.24, 2.45) is 7.05 Å². The Balaban J connectivity index is 1.42. The van der Waals surface area contributed by atoms with Crippen LogP contribution in [0.2, 0.25) is 0 Å². The number of aromatic nitrogens is 3. The van der Waals surface area contributed by atoms with Crippen molar-refractivity contribution in [1.29, 1.82) is 0 Å². The van der Waals surface area contributed by atoms with Crippen molar-refractivity contribution in [3.05, 3.63) is 93.4 Å². The van der Waals surface area contributed by atoms with Crippen molar-refractivity contribution in [2.45, 2.75) is 26.3 Å². The standard InChI is InChI=1S/C31H35FN6O2/c1-19-15-22(31(40)35(4)5)16-25(32)29(19)21-8-12-37(13-9-21)20(2)27-18-24-26(7-11-34-30(24)36(27)6)38-14-10-23(33-3)17-28(38)39/h7-8,10-11,14-18,20,33H,9,12-13H2,1-6H3/t20-/m1/s1. The van der Waals surface area contributed by atoms with E-state index < -0.39 is 0 Å². The average Bonchev–Trinajstić information content (AvgIpc) is 3.28. The Kier molecular flexibility index (Phi) is 7.33. The molecule has 208 valence electrons. The second-order valence-corrected chi connectivity index (χ2v) is 10.6. The first-order valence-corrected chi connectivity index (χ1v) is 13.4. The molecular formula is C31H35FN6O2. The van der Waals surface area contributed by atoms with E-state index in [-0.39, 0.29) is 23.3 Å². The molecular weight excluding hydrogens is 507 g/mol. The fourth-order valence-corrected chi connectivity index (χ4v) is 5.65. The molecule has 0 aliphatic carbocycles. The van der Waals surface area contributed by atoms with Crippen LogP contribution in [0, 0.1) is 12.7 Å². The highest BCUT2D eigenvalue weighted by molar-refractivity contribution is 5.94. The predicted molar refractivity (Wildman–Crippen MR) is 158 cm³/mol. The number of anilines is 1. The van der Waals surface area contributed by atoms with Crippen LogP contribution in [0.15, 0.2) is 59.7 Å². The van der Waals surface area contributed by atoms with E-state index in [1.807, 2.05) is 26.1 Å². The van der Waals surface area contributed by atoms with Crippen LogP contribution in [0.4, 0.5) is 10.1 Å². The molecule has 1 N–H and O–H groups in total. The van der Waals surface area contributed by atoms with Crippen molar-refractivity contribution in [3.8, 4) is 5.69 Å². The minimum absolute atomic E-state index is 0.0688. The number of halogens is 1. The number of hydrogen-bond acceptors (Lipinski definition) is 5. The highest BCUT2D eigenvalue weighted by Gasteiger charge is 2.25. The summed E-state index contributed by atoms with van der Waals surface area (Å²) in [4.78, 5) is 33.6. The van der Waals surface area contributed by atoms with Gasteiger partial charge in [0, 0.05) is 93.7 Å². The first-order chi connectivity index (χ1) is 19.1. The van der Waals surface area contributed by atoms with E-state index in [4.69, 9.17) is 0 Å². The summed E-state index contributed by atoms with van der Waals surface area (Å²) in [6, 6.07) is 10.6. The maximum atomic E-state index is 15.2. The number of nitrogens with one attached hydrogen (secondary N) is 1. The quantitative estimate of drug-likeness (QED) is 0.380. The third-order valence-corrected chi connectivity index (χ3v) is 7.89. The van der Waals surface area contributed by atoms with Crippen molar-refractivity contribution in [1.82, 2.24) is 23.9 Å². The van der Waals surface area contributed by atoms with Crippen LogP contribution in [-0.2, 0) is 7.05 Å². The van der Waals surface area contributed by atoms with E-state index in [1.165, 1.54) is 11.0 Å². The minimum atomic E-state index is -0.358. The van der Waals surface area contributed by atoms with E-state index in [1.54, 1.807) is 50.2 Å². The van der Waals surface area contributed by atoms with Gasteiger partial charge in [0.2, 0.25) is 0 Å². The molecule has 1 atom stereocenters. The van der Waals surface area contributed by atoms with Gasteiger partial charge in [-0.05, 0) is 61.7 Å². The first kappa shape index (κ1) is 27.3. The monoisotopic (exact) mass is 542 g/mol. The van der Waals surface area contributed by atoms with Gasteiger partial charge < -0.3 is 14.8 Å². The fraction of sp³-hybridized carbons (Fsp3) is 0.323. The van der Waals surface area contributed by atoms with E-state index >= 15 is 4.39 Å². The van der Waals surface area contributed by atoms with E-state index in [0.29, 0.717) is 24.1 Å². The number of aryl methyl sites for hydroxylation is 2. The largest absolute Gasteiger partial charge is 0.388 e. The minimum Gasteiger partial charge on any atom is -0.388 e. The number of nitrogens with zero attached hydrogens (tertiary/aromatic N) is 5. The number of carbonyl (C=O) groups is 1. The van der Waals surface area contributed by atoms with Crippen LogP contribution < -0.4 is 10.9 Å². The Morgan fingerprint density at radius 2 is 1.95 bits per heavy atom. The van der Waals surface area contributed by atoms with E-state index in [2.05, 4.69) is 38.8 Å². The molecule has 1 aromatic carbocycles. The van der Waals surface area contributed by atoms with Gasteiger partial charge in [-0.25, -0.2) is 9.37 Å². The van der Waals surface area contributed by atoms with Gasteiger partial charge in [0.1, 0.15) is 11.5 Å². The van der Waals surface area contributed by atoms with Gasteiger partial charge in [-0.1, -0.05) is 6.08 Å². The molecule has 0 spiro atoms. The number of carbonyl (C=O) groups excluding carboxylic acids is 1. The van der Waals surface area contributed by atoms with Gasteiger partial charge in [-0.2, -0.15) is 0 Å². The number of benzene rings is 1. The Hall–Kier alpha value is -4.24. The van der Waals surface area contributed by atoms with E-state index in [0.717, 1.165) is 45.8 Å². The van der Waals surface area contributed by atoms with Gasteiger partial charge in [0.25, 0.3) is 11.5 Å². The van der Waals surface area contributed by atoms with Crippen LogP contribution >= 0.6 is 0 Å². The average molecular weight is 543 g/mol. The topological polar surface area (TPSA) is 75.4 Å². The molecule has 9 heteroatoms. The summed E-state index contributed by atoms with van der Waals surface area (Å²) in [6.45, 7) is 5.45. The van der Waals surface area contributed by atoms with Gasteiger partial charge in [0.05, 0.1) is 5.69 Å². The maximum absolute atomic E-state index is 15.2. The van der Waals surface area contributed by atoms with Gasteiger partial charge >= 0.3 is 0 Å². The SMILES string of the molecule is CNc1ccn(-c2ccnc3c2cc([C@@H](C)N2CC=C(c4c(C)cc(C(=O)N(C)C)cc4F)CC2)n3C)c(=O)c1. The van der Waals surface area contributed by atoms with E-state index in [9.17, 15) is 9.59 Å².